The molecule has 78 valence electrons. The number of halogens is 2. The predicted molar refractivity (Wildman–Crippen MR) is 63.3 cm³/mol. The third-order valence-electron chi connectivity index (χ3n) is 2.02. The lowest BCUT2D eigenvalue weighted by Crippen LogP contribution is -2.27. The number of allylic oxidation sites excluding steroid dienone is 1. The predicted octanol–water partition coefficient (Wildman–Crippen LogP) is 2.86. The number of hydrogen-bond donors (Lipinski definition) is 1. The van der Waals surface area contributed by atoms with Gasteiger partial charge in [0.2, 0.25) is 0 Å². The van der Waals surface area contributed by atoms with E-state index >= 15 is 0 Å². The fourth-order valence-electron chi connectivity index (χ4n) is 1.27. The highest BCUT2D eigenvalue weighted by atomic mass is 35.5. The Hall–Kier alpha value is -1.19. The lowest BCUT2D eigenvalue weighted by Gasteiger charge is -2.19. The SMILES string of the molecule is Cc1ccc(C2=CC(Cl)=NN(Cl)N2)cc1. The van der Waals surface area contributed by atoms with Crippen LogP contribution < -0.4 is 5.43 Å². The molecular weight excluding hydrogens is 233 g/mol. The van der Waals surface area contributed by atoms with Gasteiger partial charge in [0.25, 0.3) is 0 Å². The molecule has 0 bridgehead atoms. The monoisotopic (exact) mass is 241 g/mol. The molecule has 2 rings (SSSR count). The normalized spacial score (nSPS) is 15.5. The molecule has 15 heavy (non-hydrogen) atoms. The zero-order chi connectivity index (χ0) is 10.8. The summed E-state index contributed by atoms with van der Waals surface area (Å²) in [5, 5.41) is 4.12. The summed E-state index contributed by atoms with van der Waals surface area (Å²) in [5.74, 6) is 0. The topological polar surface area (TPSA) is 27.6 Å². The highest BCUT2D eigenvalue weighted by Gasteiger charge is 2.10. The number of nitrogens with zero attached hydrogens (tertiary/aromatic N) is 2. The maximum Gasteiger partial charge on any atom is 0.154 e. The molecule has 0 unspecified atom stereocenters. The average molecular weight is 242 g/mol. The highest BCUT2D eigenvalue weighted by Crippen LogP contribution is 2.17. The van der Waals surface area contributed by atoms with E-state index in [0.29, 0.717) is 5.17 Å². The first kappa shape index (κ1) is 10.3. The molecule has 0 atom stereocenters. The fourth-order valence-corrected chi connectivity index (χ4v) is 1.67. The molecule has 0 aliphatic carbocycles. The van der Waals surface area contributed by atoms with Crippen LogP contribution in [-0.4, -0.2) is 9.81 Å². The lowest BCUT2D eigenvalue weighted by atomic mass is 10.1. The van der Waals surface area contributed by atoms with E-state index in [9.17, 15) is 0 Å². The Morgan fingerprint density at radius 1 is 1.27 bits per heavy atom. The molecule has 1 aromatic carbocycles. The summed E-state index contributed by atoms with van der Waals surface area (Å²) in [4.78, 5) is 0. The standard InChI is InChI=1S/C10H9Cl2N3/c1-7-2-4-8(5-3-7)9-6-10(11)14-15(12)13-9/h2-6,13H,1H3. The van der Waals surface area contributed by atoms with Crippen molar-refractivity contribution in [2.45, 2.75) is 6.92 Å². The van der Waals surface area contributed by atoms with Gasteiger partial charge < -0.3 is 0 Å². The van der Waals surface area contributed by atoms with E-state index in [2.05, 4.69) is 10.5 Å². The van der Waals surface area contributed by atoms with Gasteiger partial charge in [-0.25, -0.2) is 0 Å². The third kappa shape index (κ3) is 2.43. The Balaban J connectivity index is 2.32. The van der Waals surface area contributed by atoms with Crippen LogP contribution in [-0.2, 0) is 0 Å². The van der Waals surface area contributed by atoms with Crippen LogP contribution in [0, 0.1) is 6.92 Å². The smallest absolute Gasteiger partial charge is 0.154 e. The first-order valence-corrected chi connectivity index (χ1v) is 5.12. The Morgan fingerprint density at radius 2 is 1.93 bits per heavy atom. The Labute approximate surface area is 98.1 Å². The second-order valence-electron chi connectivity index (χ2n) is 3.22. The highest BCUT2D eigenvalue weighted by molar-refractivity contribution is 6.69. The molecule has 1 N–H and O–H groups in total. The molecule has 1 heterocycles. The third-order valence-corrected chi connectivity index (χ3v) is 2.37. The molecule has 0 saturated carbocycles. The zero-order valence-electron chi connectivity index (χ0n) is 8.04. The van der Waals surface area contributed by atoms with Gasteiger partial charge in [-0.05, 0) is 12.5 Å². The van der Waals surface area contributed by atoms with E-state index in [1.165, 1.54) is 5.56 Å². The van der Waals surface area contributed by atoms with Gasteiger partial charge >= 0.3 is 0 Å². The largest absolute Gasteiger partial charge is 0.266 e. The molecule has 1 aliphatic rings. The van der Waals surface area contributed by atoms with Crippen molar-refractivity contribution < 1.29 is 0 Å². The van der Waals surface area contributed by atoms with Gasteiger partial charge in [0.05, 0.1) is 17.5 Å². The lowest BCUT2D eigenvalue weighted by molar-refractivity contribution is 0.425. The molecule has 0 spiro atoms. The minimum absolute atomic E-state index is 0.347. The number of hydrazine groups is 1. The van der Waals surface area contributed by atoms with Crippen LogP contribution in [0.25, 0.3) is 5.70 Å². The molecule has 3 nitrogen and oxygen atoms in total. The molecule has 0 saturated heterocycles. The van der Waals surface area contributed by atoms with Crippen molar-refractivity contribution in [2.75, 3.05) is 0 Å². The number of hydrazone groups is 1. The minimum Gasteiger partial charge on any atom is -0.266 e. The summed E-state index contributed by atoms with van der Waals surface area (Å²) in [7, 11) is 0. The van der Waals surface area contributed by atoms with Crippen molar-refractivity contribution in [3.8, 4) is 0 Å². The minimum atomic E-state index is 0.347. The molecule has 1 aromatic rings. The van der Waals surface area contributed by atoms with Crippen LogP contribution >= 0.6 is 23.4 Å². The summed E-state index contributed by atoms with van der Waals surface area (Å²) in [6.07, 6.45) is 1.73. The van der Waals surface area contributed by atoms with Crippen LogP contribution in [0.1, 0.15) is 11.1 Å². The summed E-state index contributed by atoms with van der Waals surface area (Å²) in [6.45, 7) is 2.04. The van der Waals surface area contributed by atoms with Crippen LogP contribution in [0.4, 0.5) is 0 Å². The van der Waals surface area contributed by atoms with Crippen molar-refractivity contribution in [1.29, 1.82) is 0 Å². The van der Waals surface area contributed by atoms with Gasteiger partial charge in [-0.2, -0.15) is 0 Å². The summed E-state index contributed by atoms with van der Waals surface area (Å²) >= 11 is 11.5. The van der Waals surface area contributed by atoms with Crippen molar-refractivity contribution in [2.24, 2.45) is 5.10 Å². The van der Waals surface area contributed by atoms with Gasteiger partial charge in [-0.1, -0.05) is 41.4 Å². The van der Waals surface area contributed by atoms with Crippen molar-refractivity contribution in [3.63, 3.8) is 0 Å². The molecule has 5 heteroatoms. The van der Waals surface area contributed by atoms with E-state index in [1.54, 1.807) is 6.08 Å². The quantitative estimate of drug-likeness (QED) is 0.767. The summed E-state index contributed by atoms with van der Waals surface area (Å²) in [6, 6.07) is 8.04. The molecule has 0 aromatic heterocycles. The number of hydrogen-bond acceptors (Lipinski definition) is 3. The zero-order valence-corrected chi connectivity index (χ0v) is 9.55. The maximum absolute atomic E-state index is 5.79. The first-order chi connectivity index (χ1) is 7.15. The van der Waals surface area contributed by atoms with Crippen molar-refractivity contribution in [3.05, 3.63) is 41.5 Å². The van der Waals surface area contributed by atoms with E-state index in [4.69, 9.17) is 23.4 Å². The van der Waals surface area contributed by atoms with Gasteiger partial charge in [-0.3, -0.25) is 5.43 Å². The van der Waals surface area contributed by atoms with Crippen LogP contribution in [0.15, 0.2) is 35.4 Å². The first-order valence-electron chi connectivity index (χ1n) is 4.40. The second kappa shape index (κ2) is 4.13. The molecular formula is C10H9Cl2N3. The summed E-state index contributed by atoms with van der Waals surface area (Å²) in [5.41, 5.74) is 5.91. The molecule has 1 aliphatic heterocycles. The van der Waals surface area contributed by atoms with Crippen LogP contribution in [0.3, 0.4) is 0 Å². The van der Waals surface area contributed by atoms with Crippen molar-refractivity contribution in [1.82, 2.24) is 10.1 Å². The number of nitrogens with one attached hydrogen (secondary N) is 1. The summed E-state index contributed by atoms with van der Waals surface area (Å²) < 4.78 is 1.07. The van der Waals surface area contributed by atoms with E-state index in [-0.39, 0.29) is 0 Å². The van der Waals surface area contributed by atoms with Gasteiger partial charge in [0.1, 0.15) is 0 Å². The molecule has 0 amide bonds. The Morgan fingerprint density at radius 3 is 2.53 bits per heavy atom. The van der Waals surface area contributed by atoms with E-state index in [1.807, 2.05) is 31.2 Å². The number of benzene rings is 1. The average Bonchev–Trinajstić information content (AvgIpc) is 2.17. The number of rotatable bonds is 1. The molecule has 0 fully saturated rings. The fraction of sp³-hybridized carbons (Fsp3) is 0.100. The van der Waals surface area contributed by atoms with Gasteiger partial charge in [-0.15, -0.1) is 9.74 Å². The number of aryl methyl sites for hydroxylation is 1. The van der Waals surface area contributed by atoms with E-state index < -0.39 is 0 Å². The van der Waals surface area contributed by atoms with Gasteiger partial charge in [0, 0.05) is 6.08 Å². The van der Waals surface area contributed by atoms with Crippen LogP contribution in [0.5, 0.6) is 0 Å². The molecule has 0 radical (unpaired) electrons. The van der Waals surface area contributed by atoms with E-state index in [0.717, 1.165) is 15.9 Å². The van der Waals surface area contributed by atoms with Crippen molar-refractivity contribution >= 4 is 34.2 Å². The van der Waals surface area contributed by atoms with Gasteiger partial charge in [0.15, 0.2) is 5.17 Å². The van der Waals surface area contributed by atoms with Crippen LogP contribution in [0.2, 0.25) is 0 Å². The Bertz CT molecular complexity index is 423. The Kier molecular flexibility index (Phi) is 2.84. The second-order valence-corrected chi connectivity index (χ2v) is 3.93. The maximum atomic E-state index is 5.79.